The maximum absolute atomic E-state index is 5.60. The van der Waals surface area contributed by atoms with Crippen molar-refractivity contribution < 1.29 is 4.74 Å². The Bertz CT molecular complexity index is 757. The summed E-state index contributed by atoms with van der Waals surface area (Å²) in [5.41, 5.74) is 3.19. The van der Waals surface area contributed by atoms with Gasteiger partial charge in [0.05, 0.1) is 7.11 Å². The lowest BCUT2D eigenvalue weighted by Gasteiger charge is -2.37. The summed E-state index contributed by atoms with van der Waals surface area (Å²) in [7, 11) is 1.68. The van der Waals surface area contributed by atoms with E-state index >= 15 is 0 Å². The highest BCUT2D eigenvalue weighted by atomic mass is 32.1. The second-order valence-corrected chi connectivity index (χ2v) is 6.61. The number of aromatic nitrogens is 1. The minimum atomic E-state index is 0.769. The zero-order chi connectivity index (χ0) is 17.8. The largest absolute Gasteiger partial charge is 0.497 e. The maximum Gasteiger partial charge on any atom is 0.173 e. The smallest absolute Gasteiger partial charge is 0.173 e. The summed E-state index contributed by atoms with van der Waals surface area (Å²) < 4.78 is 5.25. The number of aryl methyl sites for hydroxylation is 2. The minimum absolute atomic E-state index is 0.769. The van der Waals surface area contributed by atoms with Crippen molar-refractivity contribution >= 4 is 28.8 Å². The zero-order valence-electron chi connectivity index (χ0n) is 15.0. The number of ether oxygens (including phenoxy) is 1. The molecule has 1 saturated heterocycles. The molecule has 2 aromatic rings. The number of anilines is 2. The van der Waals surface area contributed by atoms with Crippen LogP contribution in [0.5, 0.6) is 5.75 Å². The van der Waals surface area contributed by atoms with Gasteiger partial charge in [0.2, 0.25) is 0 Å². The fraction of sp³-hybridized carbons (Fsp3) is 0.368. The molecule has 6 heteroatoms. The summed E-state index contributed by atoms with van der Waals surface area (Å²) in [6.45, 7) is 7.68. The van der Waals surface area contributed by atoms with Gasteiger partial charge in [-0.05, 0) is 62.0 Å². The Labute approximate surface area is 154 Å². The van der Waals surface area contributed by atoms with Gasteiger partial charge in [0.15, 0.2) is 5.11 Å². The molecule has 0 atom stereocenters. The third-order valence-corrected chi connectivity index (χ3v) is 4.80. The van der Waals surface area contributed by atoms with E-state index in [1.54, 1.807) is 7.11 Å². The number of nitrogens with zero attached hydrogens (tertiary/aromatic N) is 3. The Morgan fingerprint density at radius 3 is 2.52 bits per heavy atom. The van der Waals surface area contributed by atoms with Gasteiger partial charge in [0.1, 0.15) is 11.6 Å². The predicted octanol–water partition coefficient (Wildman–Crippen LogP) is 3.23. The van der Waals surface area contributed by atoms with E-state index in [4.69, 9.17) is 17.0 Å². The molecule has 0 aliphatic carbocycles. The van der Waals surface area contributed by atoms with Gasteiger partial charge < -0.3 is 19.9 Å². The first-order valence-electron chi connectivity index (χ1n) is 8.46. The van der Waals surface area contributed by atoms with Crippen molar-refractivity contribution in [3.05, 3.63) is 47.7 Å². The predicted molar refractivity (Wildman–Crippen MR) is 107 cm³/mol. The molecule has 1 aromatic heterocycles. The molecule has 0 radical (unpaired) electrons. The molecular weight excluding hydrogens is 332 g/mol. The molecule has 1 N–H and O–H groups in total. The van der Waals surface area contributed by atoms with Crippen molar-refractivity contribution in [2.75, 3.05) is 43.5 Å². The molecule has 132 valence electrons. The van der Waals surface area contributed by atoms with Crippen LogP contribution in [0.4, 0.5) is 11.5 Å². The van der Waals surface area contributed by atoms with Gasteiger partial charge in [-0.2, -0.15) is 0 Å². The molecule has 5 nitrogen and oxygen atoms in total. The van der Waals surface area contributed by atoms with E-state index in [0.29, 0.717) is 0 Å². The summed E-state index contributed by atoms with van der Waals surface area (Å²) in [6.07, 6.45) is 0. The van der Waals surface area contributed by atoms with Crippen molar-refractivity contribution in [2.45, 2.75) is 13.8 Å². The molecule has 1 aromatic carbocycles. The van der Waals surface area contributed by atoms with Crippen LogP contribution in [0, 0.1) is 13.8 Å². The number of thiocarbonyl (C=S) groups is 1. The van der Waals surface area contributed by atoms with Gasteiger partial charge in [-0.15, -0.1) is 0 Å². The van der Waals surface area contributed by atoms with Gasteiger partial charge in [-0.1, -0.05) is 6.07 Å². The summed E-state index contributed by atoms with van der Waals surface area (Å²) >= 11 is 5.60. The van der Waals surface area contributed by atoms with Crippen LogP contribution in [0.3, 0.4) is 0 Å². The maximum atomic E-state index is 5.60. The second-order valence-electron chi connectivity index (χ2n) is 6.22. The zero-order valence-corrected chi connectivity index (χ0v) is 15.8. The van der Waals surface area contributed by atoms with Crippen molar-refractivity contribution in [2.24, 2.45) is 0 Å². The van der Waals surface area contributed by atoms with Crippen LogP contribution in [0.1, 0.15) is 11.3 Å². The van der Waals surface area contributed by atoms with E-state index in [9.17, 15) is 0 Å². The molecule has 0 bridgehead atoms. The van der Waals surface area contributed by atoms with Crippen LogP contribution in [0.2, 0.25) is 0 Å². The minimum Gasteiger partial charge on any atom is -0.497 e. The molecule has 0 unspecified atom stereocenters. The van der Waals surface area contributed by atoms with Crippen LogP contribution in [0.25, 0.3) is 0 Å². The number of piperazine rings is 1. The van der Waals surface area contributed by atoms with Crippen LogP contribution in [-0.2, 0) is 0 Å². The number of rotatable bonds is 3. The van der Waals surface area contributed by atoms with Gasteiger partial charge >= 0.3 is 0 Å². The number of hydrogen-bond acceptors (Lipinski definition) is 4. The Morgan fingerprint density at radius 2 is 1.88 bits per heavy atom. The molecule has 0 spiro atoms. The lowest BCUT2D eigenvalue weighted by atomic mass is 10.2. The highest BCUT2D eigenvalue weighted by Gasteiger charge is 2.20. The first kappa shape index (κ1) is 17.5. The second kappa shape index (κ2) is 7.70. The standard InChI is InChI=1S/C19H24N4OS/c1-14-13-16(24-3)7-8-17(14)21-19(25)23-11-9-22(10-12-23)18-6-4-5-15(2)20-18/h4-8,13H,9-12H2,1-3H3,(H,21,25). The van der Waals surface area contributed by atoms with E-state index in [0.717, 1.165) is 59.8 Å². The highest BCUT2D eigenvalue weighted by molar-refractivity contribution is 7.80. The number of hydrogen-bond donors (Lipinski definition) is 1. The van der Waals surface area contributed by atoms with Crippen molar-refractivity contribution in [1.29, 1.82) is 0 Å². The van der Waals surface area contributed by atoms with E-state index in [-0.39, 0.29) is 0 Å². The molecule has 0 saturated carbocycles. The van der Waals surface area contributed by atoms with Gasteiger partial charge in [0, 0.05) is 37.6 Å². The third kappa shape index (κ3) is 4.20. The van der Waals surface area contributed by atoms with E-state index in [2.05, 4.69) is 39.2 Å². The number of pyridine rings is 1. The van der Waals surface area contributed by atoms with Gasteiger partial charge in [-0.3, -0.25) is 0 Å². The Hall–Kier alpha value is -2.34. The third-order valence-electron chi connectivity index (χ3n) is 4.44. The summed E-state index contributed by atoms with van der Waals surface area (Å²) in [6, 6.07) is 12.1. The van der Waals surface area contributed by atoms with E-state index in [1.807, 2.05) is 31.2 Å². The van der Waals surface area contributed by atoms with Crippen LogP contribution in [-0.4, -0.2) is 48.3 Å². The Morgan fingerprint density at radius 1 is 1.12 bits per heavy atom. The Balaban J connectivity index is 1.58. The first-order chi connectivity index (χ1) is 12.1. The lowest BCUT2D eigenvalue weighted by molar-refractivity contribution is 0.389. The number of nitrogens with one attached hydrogen (secondary N) is 1. The van der Waals surface area contributed by atoms with Gasteiger partial charge in [-0.25, -0.2) is 4.98 Å². The van der Waals surface area contributed by atoms with Crippen molar-refractivity contribution in [3.63, 3.8) is 0 Å². The topological polar surface area (TPSA) is 40.6 Å². The molecule has 25 heavy (non-hydrogen) atoms. The molecule has 0 amide bonds. The average Bonchev–Trinajstić information content (AvgIpc) is 2.63. The van der Waals surface area contributed by atoms with Gasteiger partial charge in [0.25, 0.3) is 0 Å². The van der Waals surface area contributed by atoms with Crippen LogP contribution >= 0.6 is 12.2 Å². The SMILES string of the molecule is COc1ccc(NC(=S)N2CCN(c3cccc(C)n3)CC2)c(C)c1. The van der Waals surface area contributed by atoms with E-state index in [1.165, 1.54) is 0 Å². The number of benzene rings is 1. The molecule has 1 fully saturated rings. The summed E-state index contributed by atoms with van der Waals surface area (Å²) in [4.78, 5) is 9.13. The molecule has 1 aliphatic heterocycles. The van der Waals surface area contributed by atoms with Crippen LogP contribution < -0.4 is 15.0 Å². The first-order valence-corrected chi connectivity index (χ1v) is 8.87. The number of methoxy groups -OCH3 is 1. The average molecular weight is 356 g/mol. The summed E-state index contributed by atoms with van der Waals surface area (Å²) in [5.74, 6) is 1.90. The monoisotopic (exact) mass is 356 g/mol. The lowest BCUT2D eigenvalue weighted by Crippen LogP contribution is -2.50. The molecule has 1 aliphatic rings. The Kier molecular flexibility index (Phi) is 5.38. The molecular formula is C19H24N4OS. The molecule has 2 heterocycles. The highest BCUT2D eigenvalue weighted by Crippen LogP contribution is 2.22. The van der Waals surface area contributed by atoms with E-state index < -0.39 is 0 Å². The van der Waals surface area contributed by atoms with Crippen molar-refractivity contribution in [1.82, 2.24) is 9.88 Å². The van der Waals surface area contributed by atoms with Crippen molar-refractivity contribution in [3.8, 4) is 5.75 Å². The fourth-order valence-corrected chi connectivity index (χ4v) is 3.23. The molecule has 3 rings (SSSR count). The van der Waals surface area contributed by atoms with Crippen LogP contribution in [0.15, 0.2) is 36.4 Å². The fourth-order valence-electron chi connectivity index (χ4n) is 2.94. The quantitative estimate of drug-likeness (QED) is 0.852. The normalized spacial score (nSPS) is 14.4. The summed E-state index contributed by atoms with van der Waals surface area (Å²) in [5, 5.41) is 4.13.